The van der Waals surface area contributed by atoms with Crippen LogP contribution in [-0.2, 0) is 0 Å². The molecular formula is C12H26N2. The molecule has 1 saturated heterocycles. The SMILES string of the molecule is CC(CN)CCCN1CCCCCC1. The van der Waals surface area contributed by atoms with Crippen molar-refractivity contribution in [2.45, 2.75) is 45.4 Å². The van der Waals surface area contributed by atoms with E-state index in [0.717, 1.165) is 6.54 Å². The zero-order valence-corrected chi connectivity index (χ0v) is 9.67. The van der Waals surface area contributed by atoms with Crippen molar-refractivity contribution < 1.29 is 0 Å². The van der Waals surface area contributed by atoms with Gasteiger partial charge in [0.1, 0.15) is 0 Å². The highest BCUT2D eigenvalue weighted by Crippen LogP contribution is 2.11. The molecule has 0 amide bonds. The van der Waals surface area contributed by atoms with Gasteiger partial charge in [0, 0.05) is 0 Å². The summed E-state index contributed by atoms with van der Waals surface area (Å²) in [4.78, 5) is 2.64. The molecule has 0 radical (unpaired) electrons. The smallest absolute Gasteiger partial charge is 0.00186 e. The Kier molecular flexibility index (Phi) is 6.20. The van der Waals surface area contributed by atoms with Gasteiger partial charge in [-0.05, 0) is 57.8 Å². The van der Waals surface area contributed by atoms with Crippen molar-refractivity contribution in [2.24, 2.45) is 11.7 Å². The van der Waals surface area contributed by atoms with Gasteiger partial charge in [-0.2, -0.15) is 0 Å². The molecular weight excluding hydrogens is 172 g/mol. The number of hydrogen-bond donors (Lipinski definition) is 1. The molecule has 1 rings (SSSR count). The quantitative estimate of drug-likeness (QED) is 0.734. The van der Waals surface area contributed by atoms with Crippen molar-refractivity contribution in [1.29, 1.82) is 0 Å². The lowest BCUT2D eigenvalue weighted by Gasteiger charge is -2.20. The fourth-order valence-corrected chi connectivity index (χ4v) is 2.14. The van der Waals surface area contributed by atoms with E-state index in [1.807, 2.05) is 0 Å². The van der Waals surface area contributed by atoms with Gasteiger partial charge < -0.3 is 10.6 Å². The third kappa shape index (κ3) is 4.97. The molecule has 0 aromatic heterocycles. The molecule has 2 nitrogen and oxygen atoms in total. The number of nitrogens with two attached hydrogens (primary N) is 1. The predicted molar refractivity (Wildman–Crippen MR) is 62.4 cm³/mol. The summed E-state index contributed by atoms with van der Waals surface area (Å²) >= 11 is 0. The standard InChI is InChI=1S/C12H26N2/c1-12(11-13)7-6-10-14-8-4-2-3-5-9-14/h12H,2-11,13H2,1H3. The third-order valence-electron chi connectivity index (χ3n) is 3.27. The molecule has 0 bridgehead atoms. The highest BCUT2D eigenvalue weighted by atomic mass is 15.1. The van der Waals surface area contributed by atoms with Gasteiger partial charge in [-0.1, -0.05) is 19.8 Å². The Morgan fingerprint density at radius 2 is 1.79 bits per heavy atom. The molecule has 2 N–H and O–H groups in total. The Balaban J connectivity index is 2.04. The molecule has 0 saturated carbocycles. The zero-order valence-electron chi connectivity index (χ0n) is 9.67. The summed E-state index contributed by atoms with van der Waals surface area (Å²) in [5, 5.41) is 0. The first-order chi connectivity index (χ1) is 6.83. The minimum Gasteiger partial charge on any atom is -0.330 e. The summed E-state index contributed by atoms with van der Waals surface area (Å²) in [6, 6.07) is 0. The van der Waals surface area contributed by atoms with Gasteiger partial charge in [-0.15, -0.1) is 0 Å². The number of rotatable bonds is 5. The normalized spacial score (nSPS) is 21.9. The van der Waals surface area contributed by atoms with Crippen molar-refractivity contribution in [3.8, 4) is 0 Å². The van der Waals surface area contributed by atoms with Crippen LogP contribution in [0.15, 0.2) is 0 Å². The number of likely N-dealkylation sites (tertiary alicyclic amines) is 1. The van der Waals surface area contributed by atoms with Gasteiger partial charge in [0.05, 0.1) is 0 Å². The molecule has 1 aliphatic rings. The third-order valence-corrected chi connectivity index (χ3v) is 3.27. The van der Waals surface area contributed by atoms with E-state index in [9.17, 15) is 0 Å². The highest BCUT2D eigenvalue weighted by Gasteiger charge is 2.08. The Hall–Kier alpha value is -0.0800. The molecule has 1 heterocycles. The van der Waals surface area contributed by atoms with E-state index in [0.29, 0.717) is 5.92 Å². The van der Waals surface area contributed by atoms with Crippen LogP contribution in [0.2, 0.25) is 0 Å². The lowest BCUT2D eigenvalue weighted by atomic mass is 10.1. The number of nitrogens with zero attached hydrogens (tertiary/aromatic N) is 1. The topological polar surface area (TPSA) is 29.3 Å². The average molecular weight is 198 g/mol. The lowest BCUT2D eigenvalue weighted by molar-refractivity contribution is 0.272. The van der Waals surface area contributed by atoms with E-state index in [4.69, 9.17) is 5.73 Å². The predicted octanol–water partition coefficient (Wildman–Crippen LogP) is 2.24. The van der Waals surface area contributed by atoms with Gasteiger partial charge in [0.2, 0.25) is 0 Å². The highest BCUT2D eigenvalue weighted by molar-refractivity contribution is 4.64. The number of hydrogen-bond acceptors (Lipinski definition) is 2. The van der Waals surface area contributed by atoms with Crippen LogP contribution in [0.3, 0.4) is 0 Å². The second kappa shape index (κ2) is 7.24. The van der Waals surface area contributed by atoms with Gasteiger partial charge in [0.15, 0.2) is 0 Å². The van der Waals surface area contributed by atoms with E-state index < -0.39 is 0 Å². The van der Waals surface area contributed by atoms with E-state index in [-0.39, 0.29) is 0 Å². The van der Waals surface area contributed by atoms with Gasteiger partial charge in [-0.3, -0.25) is 0 Å². The molecule has 2 heteroatoms. The minimum absolute atomic E-state index is 0.710. The van der Waals surface area contributed by atoms with E-state index in [2.05, 4.69) is 11.8 Å². The molecule has 1 fully saturated rings. The molecule has 14 heavy (non-hydrogen) atoms. The van der Waals surface area contributed by atoms with Crippen molar-refractivity contribution >= 4 is 0 Å². The molecule has 84 valence electrons. The van der Waals surface area contributed by atoms with Gasteiger partial charge in [-0.25, -0.2) is 0 Å². The van der Waals surface area contributed by atoms with Crippen LogP contribution in [0.4, 0.5) is 0 Å². The average Bonchev–Trinajstić information content (AvgIpc) is 2.46. The maximum absolute atomic E-state index is 5.60. The Morgan fingerprint density at radius 3 is 2.36 bits per heavy atom. The Bertz CT molecular complexity index is 128. The molecule has 1 aliphatic heterocycles. The van der Waals surface area contributed by atoms with E-state index in [1.165, 1.54) is 58.2 Å². The van der Waals surface area contributed by atoms with Crippen LogP contribution >= 0.6 is 0 Å². The fraction of sp³-hybridized carbons (Fsp3) is 1.00. The Morgan fingerprint density at radius 1 is 1.14 bits per heavy atom. The minimum atomic E-state index is 0.710. The molecule has 0 spiro atoms. The van der Waals surface area contributed by atoms with Gasteiger partial charge >= 0.3 is 0 Å². The summed E-state index contributed by atoms with van der Waals surface area (Å²) in [6.07, 6.45) is 8.33. The summed E-state index contributed by atoms with van der Waals surface area (Å²) in [6.45, 7) is 7.06. The van der Waals surface area contributed by atoms with Crippen molar-refractivity contribution in [3.05, 3.63) is 0 Å². The first-order valence-corrected chi connectivity index (χ1v) is 6.25. The maximum atomic E-state index is 5.60. The van der Waals surface area contributed by atoms with Crippen LogP contribution in [0, 0.1) is 5.92 Å². The fourth-order valence-electron chi connectivity index (χ4n) is 2.14. The zero-order chi connectivity index (χ0) is 10.2. The van der Waals surface area contributed by atoms with Crippen molar-refractivity contribution in [2.75, 3.05) is 26.2 Å². The van der Waals surface area contributed by atoms with Gasteiger partial charge in [0.25, 0.3) is 0 Å². The molecule has 0 aliphatic carbocycles. The summed E-state index contributed by atoms with van der Waals surface area (Å²) in [7, 11) is 0. The second-order valence-corrected chi connectivity index (χ2v) is 4.74. The van der Waals surface area contributed by atoms with E-state index in [1.54, 1.807) is 0 Å². The Labute approximate surface area is 88.8 Å². The maximum Gasteiger partial charge on any atom is -0.00186 e. The van der Waals surface area contributed by atoms with Crippen LogP contribution in [0.5, 0.6) is 0 Å². The molecule has 0 aromatic rings. The molecule has 0 aromatic carbocycles. The molecule has 1 atom stereocenters. The summed E-state index contributed by atoms with van der Waals surface area (Å²) in [5.74, 6) is 0.710. The summed E-state index contributed by atoms with van der Waals surface area (Å²) < 4.78 is 0. The second-order valence-electron chi connectivity index (χ2n) is 4.74. The monoisotopic (exact) mass is 198 g/mol. The largest absolute Gasteiger partial charge is 0.330 e. The molecule has 1 unspecified atom stereocenters. The van der Waals surface area contributed by atoms with Crippen LogP contribution < -0.4 is 5.73 Å². The summed E-state index contributed by atoms with van der Waals surface area (Å²) in [5.41, 5.74) is 5.60. The first kappa shape index (κ1) is 12.0. The van der Waals surface area contributed by atoms with Crippen LogP contribution in [0.25, 0.3) is 0 Å². The van der Waals surface area contributed by atoms with Crippen molar-refractivity contribution in [1.82, 2.24) is 4.90 Å². The first-order valence-electron chi connectivity index (χ1n) is 6.25. The van der Waals surface area contributed by atoms with Crippen LogP contribution in [0.1, 0.15) is 45.4 Å². The van der Waals surface area contributed by atoms with E-state index >= 15 is 0 Å². The lowest BCUT2D eigenvalue weighted by Crippen LogP contribution is -2.26. The van der Waals surface area contributed by atoms with Crippen molar-refractivity contribution in [3.63, 3.8) is 0 Å². The van der Waals surface area contributed by atoms with Crippen LogP contribution in [-0.4, -0.2) is 31.1 Å².